The van der Waals surface area contributed by atoms with Gasteiger partial charge in [0.1, 0.15) is 5.75 Å². The molecule has 0 aliphatic rings. The summed E-state index contributed by atoms with van der Waals surface area (Å²) in [6.07, 6.45) is 1.17. The van der Waals surface area contributed by atoms with Crippen LogP contribution in [0.5, 0.6) is 5.75 Å². The summed E-state index contributed by atoms with van der Waals surface area (Å²) < 4.78 is 0. The number of aromatic hydroxyl groups is 1. The summed E-state index contributed by atoms with van der Waals surface area (Å²) in [6, 6.07) is 7.55. The quantitative estimate of drug-likeness (QED) is 0.778. The van der Waals surface area contributed by atoms with Crippen LogP contribution in [0, 0.1) is 5.92 Å². The van der Waals surface area contributed by atoms with Crippen LogP contribution in [-0.2, 0) is 0 Å². The van der Waals surface area contributed by atoms with Crippen molar-refractivity contribution in [3.8, 4) is 5.75 Å². The largest absolute Gasteiger partial charge is 0.508 e. The van der Waals surface area contributed by atoms with Gasteiger partial charge in [-0.05, 0) is 43.0 Å². The molecule has 1 aromatic rings. The number of hydrogen-bond acceptors (Lipinski definition) is 2. The van der Waals surface area contributed by atoms with Gasteiger partial charge in [-0.15, -0.1) is 0 Å². The molecule has 1 unspecified atom stereocenters. The Morgan fingerprint density at radius 2 is 1.80 bits per heavy atom. The fraction of sp³-hybridized carbons (Fsp3) is 0.538. The third kappa shape index (κ3) is 3.92. The maximum absolute atomic E-state index is 9.23. The van der Waals surface area contributed by atoms with Crippen LogP contribution < -0.4 is 5.32 Å². The third-order valence-corrected chi connectivity index (χ3v) is 2.57. The zero-order chi connectivity index (χ0) is 11.3. The average molecular weight is 207 g/mol. The van der Waals surface area contributed by atoms with Crippen molar-refractivity contribution in [1.82, 2.24) is 5.32 Å². The number of nitrogens with one attached hydrogen (secondary N) is 1. The van der Waals surface area contributed by atoms with E-state index in [9.17, 15) is 5.11 Å². The highest BCUT2D eigenvalue weighted by molar-refractivity contribution is 5.28. The number of phenolic OH excluding ortho intramolecular Hbond substituents is 1. The molecule has 0 amide bonds. The Labute approximate surface area is 92.3 Å². The molecule has 0 aromatic heterocycles. The van der Waals surface area contributed by atoms with Gasteiger partial charge in [-0.25, -0.2) is 0 Å². The first kappa shape index (κ1) is 12.1. The number of hydrogen-bond donors (Lipinski definition) is 2. The fourth-order valence-corrected chi connectivity index (χ4v) is 1.90. The van der Waals surface area contributed by atoms with Crippen molar-refractivity contribution in [3.05, 3.63) is 29.8 Å². The highest BCUT2D eigenvalue weighted by atomic mass is 16.3. The summed E-state index contributed by atoms with van der Waals surface area (Å²) in [6.45, 7) is 5.47. The van der Waals surface area contributed by atoms with Gasteiger partial charge >= 0.3 is 0 Å². The van der Waals surface area contributed by atoms with E-state index < -0.39 is 0 Å². The highest BCUT2D eigenvalue weighted by Gasteiger charge is 2.12. The molecule has 1 aromatic carbocycles. The van der Waals surface area contributed by atoms with E-state index in [0.29, 0.717) is 17.6 Å². The van der Waals surface area contributed by atoms with Crippen LogP contribution in [0.1, 0.15) is 31.7 Å². The molecule has 0 saturated carbocycles. The zero-order valence-electron chi connectivity index (χ0n) is 9.83. The van der Waals surface area contributed by atoms with Crippen LogP contribution in [0.2, 0.25) is 0 Å². The van der Waals surface area contributed by atoms with Gasteiger partial charge in [0, 0.05) is 6.54 Å². The Hall–Kier alpha value is -1.02. The molecular formula is C13H21NO. The minimum atomic E-state index is 0.339. The van der Waals surface area contributed by atoms with Crippen LogP contribution in [0.25, 0.3) is 0 Å². The summed E-state index contributed by atoms with van der Waals surface area (Å²) in [5, 5.41) is 12.5. The highest BCUT2D eigenvalue weighted by Crippen LogP contribution is 2.24. The molecule has 0 aliphatic heterocycles. The van der Waals surface area contributed by atoms with Gasteiger partial charge in [-0.1, -0.05) is 26.0 Å². The molecule has 0 saturated heterocycles. The SMILES string of the molecule is CNCC(CC(C)C)c1ccc(O)cc1. The number of phenols is 1. The zero-order valence-corrected chi connectivity index (χ0v) is 9.83. The van der Waals surface area contributed by atoms with Gasteiger partial charge in [-0.2, -0.15) is 0 Å². The van der Waals surface area contributed by atoms with Crippen molar-refractivity contribution in [1.29, 1.82) is 0 Å². The van der Waals surface area contributed by atoms with E-state index in [1.165, 1.54) is 12.0 Å². The van der Waals surface area contributed by atoms with Crippen molar-refractivity contribution >= 4 is 0 Å². The first-order chi connectivity index (χ1) is 7.13. The first-order valence-electron chi connectivity index (χ1n) is 5.57. The molecule has 1 rings (SSSR count). The van der Waals surface area contributed by atoms with Crippen molar-refractivity contribution < 1.29 is 5.11 Å². The maximum Gasteiger partial charge on any atom is 0.115 e. The smallest absolute Gasteiger partial charge is 0.115 e. The second-order valence-electron chi connectivity index (χ2n) is 4.48. The molecule has 84 valence electrons. The summed E-state index contributed by atoms with van der Waals surface area (Å²) >= 11 is 0. The molecule has 2 nitrogen and oxygen atoms in total. The van der Waals surface area contributed by atoms with Crippen molar-refractivity contribution in [2.45, 2.75) is 26.2 Å². The lowest BCUT2D eigenvalue weighted by Crippen LogP contribution is -2.18. The summed E-state index contributed by atoms with van der Waals surface area (Å²) in [7, 11) is 1.98. The van der Waals surface area contributed by atoms with Crippen LogP contribution in [0.15, 0.2) is 24.3 Å². The van der Waals surface area contributed by atoms with E-state index in [1.54, 1.807) is 12.1 Å². The normalized spacial score (nSPS) is 13.1. The van der Waals surface area contributed by atoms with Crippen LogP contribution in [-0.4, -0.2) is 18.7 Å². The van der Waals surface area contributed by atoms with Crippen LogP contribution >= 0.6 is 0 Å². The van der Waals surface area contributed by atoms with Gasteiger partial charge in [0.05, 0.1) is 0 Å². The van der Waals surface area contributed by atoms with Gasteiger partial charge in [0.25, 0.3) is 0 Å². The number of benzene rings is 1. The number of likely N-dealkylation sites (N-methyl/N-ethyl adjacent to an activating group) is 1. The Balaban J connectivity index is 2.74. The topological polar surface area (TPSA) is 32.3 Å². The standard InChI is InChI=1S/C13H21NO/c1-10(2)8-12(9-14-3)11-4-6-13(15)7-5-11/h4-7,10,12,14-15H,8-9H2,1-3H3. The van der Waals surface area contributed by atoms with E-state index in [1.807, 2.05) is 19.2 Å². The third-order valence-electron chi connectivity index (χ3n) is 2.57. The Bertz CT molecular complexity index is 279. The molecular weight excluding hydrogens is 186 g/mol. The van der Waals surface area contributed by atoms with Crippen molar-refractivity contribution in [2.24, 2.45) is 5.92 Å². The lowest BCUT2D eigenvalue weighted by atomic mass is 9.90. The second kappa shape index (κ2) is 5.76. The van der Waals surface area contributed by atoms with Crippen molar-refractivity contribution in [3.63, 3.8) is 0 Å². The van der Waals surface area contributed by atoms with Gasteiger partial charge in [0.15, 0.2) is 0 Å². The number of rotatable bonds is 5. The van der Waals surface area contributed by atoms with Crippen LogP contribution in [0.3, 0.4) is 0 Å². The summed E-state index contributed by atoms with van der Waals surface area (Å²) in [5.41, 5.74) is 1.30. The van der Waals surface area contributed by atoms with E-state index in [0.717, 1.165) is 6.54 Å². The molecule has 2 heteroatoms. The average Bonchev–Trinajstić information content (AvgIpc) is 2.17. The molecule has 15 heavy (non-hydrogen) atoms. The molecule has 0 spiro atoms. The summed E-state index contributed by atoms with van der Waals surface area (Å²) in [4.78, 5) is 0. The van der Waals surface area contributed by atoms with Crippen LogP contribution in [0.4, 0.5) is 0 Å². The van der Waals surface area contributed by atoms with Gasteiger partial charge < -0.3 is 10.4 Å². The van der Waals surface area contributed by atoms with E-state index in [4.69, 9.17) is 0 Å². The van der Waals surface area contributed by atoms with E-state index in [-0.39, 0.29) is 0 Å². The predicted octanol–water partition coefficient (Wildman–Crippen LogP) is 2.74. The minimum Gasteiger partial charge on any atom is -0.508 e. The maximum atomic E-state index is 9.23. The second-order valence-corrected chi connectivity index (χ2v) is 4.48. The lowest BCUT2D eigenvalue weighted by molar-refractivity contribution is 0.470. The van der Waals surface area contributed by atoms with Gasteiger partial charge in [-0.3, -0.25) is 0 Å². The van der Waals surface area contributed by atoms with E-state index in [2.05, 4.69) is 19.2 Å². The van der Waals surface area contributed by atoms with Crippen molar-refractivity contribution in [2.75, 3.05) is 13.6 Å². The summed E-state index contributed by atoms with van der Waals surface area (Å²) in [5.74, 6) is 1.57. The minimum absolute atomic E-state index is 0.339. The Morgan fingerprint density at radius 3 is 2.27 bits per heavy atom. The fourth-order valence-electron chi connectivity index (χ4n) is 1.90. The first-order valence-corrected chi connectivity index (χ1v) is 5.57. The van der Waals surface area contributed by atoms with Gasteiger partial charge in [0.2, 0.25) is 0 Å². The van der Waals surface area contributed by atoms with E-state index >= 15 is 0 Å². The molecule has 0 radical (unpaired) electrons. The predicted molar refractivity (Wildman–Crippen MR) is 64.2 cm³/mol. The molecule has 2 N–H and O–H groups in total. The Morgan fingerprint density at radius 1 is 1.20 bits per heavy atom. The molecule has 0 fully saturated rings. The molecule has 0 heterocycles. The monoisotopic (exact) mass is 207 g/mol. The Kier molecular flexibility index (Phi) is 4.63. The molecule has 0 bridgehead atoms. The molecule has 0 aliphatic carbocycles. The lowest BCUT2D eigenvalue weighted by Gasteiger charge is -2.19. The molecule has 1 atom stereocenters.